The number of halogens is 1. The molecule has 11 heteroatoms. The molecule has 1 atom stereocenters. The molecule has 0 aromatic heterocycles. The van der Waals surface area contributed by atoms with E-state index in [1.807, 2.05) is 6.07 Å². The number of carbonyl (C=O) groups is 2. The average Bonchev–Trinajstić information content (AvgIpc) is 3.23. The number of nitrogens with one attached hydrogen (secondary N) is 2. The van der Waals surface area contributed by atoms with Crippen molar-refractivity contribution in [1.29, 1.82) is 0 Å². The molecule has 2 aromatic rings. The van der Waals surface area contributed by atoms with Crippen molar-refractivity contribution in [2.75, 3.05) is 20.9 Å². The standard InChI is InChI=1S/C22H26ClN3O6S/c1-13(2)20(22(28)24-11-14-5-8-18-19(9-14)32-12-31-18)25-21(27)16-10-15(6-7-17(16)23)33(29,30)26(3)4/h5-10,13,20H,11-12H2,1-4H3,(H,24,28)(H,25,27)/t20-/m0/s1. The largest absolute Gasteiger partial charge is 0.454 e. The van der Waals surface area contributed by atoms with E-state index in [-0.39, 0.29) is 40.6 Å². The molecule has 2 aromatic carbocycles. The summed E-state index contributed by atoms with van der Waals surface area (Å²) in [6.45, 7) is 3.97. The first-order valence-corrected chi connectivity index (χ1v) is 12.0. The van der Waals surface area contributed by atoms with Crippen LogP contribution in [0.15, 0.2) is 41.3 Å². The number of amides is 2. The fraction of sp³-hybridized carbons (Fsp3) is 0.364. The van der Waals surface area contributed by atoms with Gasteiger partial charge in [-0.25, -0.2) is 12.7 Å². The minimum atomic E-state index is -3.76. The third kappa shape index (κ3) is 5.58. The van der Waals surface area contributed by atoms with Crippen molar-refractivity contribution in [2.24, 2.45) is 5.92 Å². The summed E-state index contributed by atoms with van der Waals surface area (Å²) in [4.78, 5) is 25.7. The Balaban J connectivity index is 1.72. The second-order valence-electron chi connectivity index (χ2n) is 8.03. The van der Waals surface area contributed by atoms with Crippen LogP contribution in [0.4, 0.5) is 0 Å². The fourth-order valence-electron chi connectivity index (χ4n) is 3.15. The molecular formula is C22H26ClN3O6S. The van der Waals surface area contributed by atoms with Gasteiger partial charge in [-0.3, -0.25) is 9.59 Å². The maximum atomic E-state index is 12.9. The molecule has 9 nitrogen and oxygen atoms in total. The molecule has 33 heavy (non-hydrogen) atoms. The third-order valence-electron chi connectivity index (χ3n) is 5.10. The zero-order valence-electron chi connectivity index (χ0n) is 18.7. The zero-order chi connectivity index (χ0) is 24.3. The lowest BCUT2D eigenvalue weighted by Gasteiger charge is -2.22. The van der Waals surface area contributed by atoms with Crippen molar-refractivity contribution in [3.8, 4) is 11.5 Å². The average molecular weight is 496 g/mol. The number of hydrogen-bond acceptors (Lipinski definition) is 6. The molecule has 0 aliphatic carbocycles. The van der Waals surface area contributed by atoms with Crippen LogP contribution in [0.3, 0.4) is 0 Å². The zero-order valence-corrected chi connectivity index (χ0v) is 20.3. The van der Waals surface area contributed by atoms with Crippen LogP contribution in [0.1, 0.15) is 29.8 Å². The Morgan fingerprint density at radius 3 is 2.45 bits per heavy atom. The quantitative estimate of drug-likeness (QED) is 0.581. The summed E-state index contributed by atoms with van der Waals surface area (Å²) in [5.41, 5.74) is 0.778. The maximum absolute atomic E-state index is 12.9. The first-order valence-electron chi connectivity index (χ1n) is 10.2. The molecule has 3 rings (SSSR count). The van der Waals surface area contributed by atoms with Crippen molar-refractivity contribution >= 4 is 33.4 Å². The Hall–Kier alpha value is -2.82. The van der Waals surface area contributed by atoms with Crippen LogP contribution in [0, 0.1) is 5.92 Å². The maximum Gasteiger partial charge on any atom is 0.253 e. The molecule has 178 valence electrons. The number of ether oxygens (including phenoxy) is 2. The number of hydrogen-bond donors (Lipinski definition) is 2. The second kappa shape index (κ2) is 9.98. The molecule has 1 aliphatic heterocycles. The Bertz CT molecular complexity index is 1170. The van der Waals surface area contributed by atoms with Gasteiger partial charge in [0.15, 0.2) is 11.5 Å². The van der Waals surface area contributed by atoms with Crippen molar-refractivity contribution in [3.63, 3.8) is 0 Å². The van der Waals surface area contributed by atoms with Gasteiger partial charge in [0, 0.05) is 20.6 Å². The lowest BCUT2D eigenvalue weighted by molar-refractivity contribution is -0.124. The molecule has 1 heterocycles. The van der Waals surface area contributed by atoms with Crippen LogP contribution < -0.4 is 20.1 Å². The van der Waals surface area contributed by atoms with Gasteiger partial charge in [0.25, 0.3) is 5.91 Å². The van der Waals surface area contributed by atoms with E-state index < -0.39 is 22.0 Å². The SMILES string of the molecule is CC(C)[C@H](NC(=O)c1cc(S(=O)(=O)N(C)C)ccc1Cl)C(=O)NCc1ccc2c(c1)OCO2. The predicted molar refractivity (Wildman–Crippen MR) is 123 cm³/mol. The number of sulfonamides is 1. The Labute approximate surface area is 198 Å². The number of benzene rings is 2. The van der Waals surface area contributed by atoms with Gasteiger partial charge >= 0.3 is 0 Å². The number of fused-ring (bicyclic) bond motifs is 1. The van der Waals surface area contributed by atoms with Crippen LogP contribution in [-0.2, 0) is 21.4 Å². The van der Waals surface area contributed by atoms with Crippen molar-refractivity contribution < 1.29 is 27.5 Å². The van der Waals surface area contributed by atoms with Crippen molar-refractivity contribution in [1.82, 2.24) is 14.9 Å². The molecule has 0 unspecified atom stereocenters. The Kier molecular flexibility index (Phi) is 7.51. The van der Waals surface area contributed by atoms with Crippen molar-refractivity contribution in [2.45, 2.75) is 31.3 Å². The number of nitrogens with zero attached hydrogens (tertiary/aromatic N) is 1. The lowest BCUT2D eigenvalue weighted by atomic mass is 10.0. The third-order valence-corrected chi connectivity index (χ3v) is 7.24. The van der Waals surface area contributed by atoms with E-state index in [4.69, 9.17) is 21.1 Å². The minimum Gasteiger partial charge on any atom is -0.454 e. The van der Waals surface area contributed by atoms with Gasteiger partial charge in [0.1, 0.15) is 6.04 Å². The van der Waals surface area contributed by atoms with Crippen LogP contribution in [0.2, 0.25) is 5.02 Å². The van der Waals surface area contributed by atoms with Crippen LogP contribution in [0.5, 0.6) is 11.5 Å². The van der Waals surface area contributed by atoms with Gasteiger partial charge in [0.2, 0.25) is 22.7 Å². The van der Waals surface area contributed by atoms with Crippen LogP contribution in [0.25, 0.3) is 0 Å². The van der Waals surface area contributed by atoms with Gasteiger partial charge in [-0.1, -0.05) is 31.5 Å². The summed E-state index contributed by atoms with van der Waals surface area (Å²) in [6, 6.07) is 8.37. The van der Waals surface area contributed by atoms with E-state index in [1.165, 1.54) is 32.3 Å². The van der Waals surface area contributed by atoms with Crippen LogP contribution >= 0.6 is 11.6 Å². The highest BCUT2D eigenvalue weighted by atomic mass is 35.5. The van der Waals surface area contributed by atoms with Gasteiger partial charge in [0.05, 0.1) is 15.5 Å². The summed E-state index contributed by atoms with van der Waals surface area (Å²) in [6.07, 6.45) is 0. The molecule has 0 saturated carbocycles. The summed E-state index contributed by atoms with van der Waals surface area (Å²) < 4.78 is 36.5. The molecule has 2 N–H and O–H groups in total. The Morgan fingerprint density at radius 2 is 1.79 bits per heavy atom. The van der Waals surface area contributed by atoms with E-state index in [0.29, 0.717) is 11.5 Å². The molecule has 0 fully saturated rings. The normalized spacial score (nSPS) is 13.8. The molecule has 0 spiro atoms. The number of carbonyl (C=O) groups excluding carboxylic acids is 2. The predicted octanol–water partition coefficient (Wildman–Crippen LogP) is 2.39. The summed E-state index contributed by atoms with van der Waals surface area (Å²) >= 11 is 6.16. The topological polar surface area (TPSA) is 114 Å². The van der Waals surface area contributed by atoms with E-state index in [0.717, 1.165) is 9.87 Å². The highest BCUT2D eigenvalue weighted by molar-refractivity contribution is 7.89. The monoisotopic (exact) mass is 495 g/mol. The van der Waals surface area contributed by atoms with Gasteiger partial charge < -0.3 is 20.1 Å². The smallest absolute Gasteiger partial charge is 0.253 e. The molecule has 0 bridgehead atoms. The first-order chi connectivity index (χ1) is 15.5. The van der Waals surface area contributed by atoms with E-state index in [2.05, 4.69) is 10.6 Å². The summed E-state index contributed by atoms with van der Waals surface area (Å²) in [5.74, 6) is -0.0134. The lowest BCUT2D eigenvalue weighted by Crippen LogP contribution is -2.49. The molecule has 2 amide bonds. The van der Waals surface area contributed by atoms with E-state index in [9.17, 15) is 18.0 Å². The van der Waals surface area contributed by atoms with Gasteiger partial charge in [-0.15, -0.1) is 0 Å². The minimum absolute atomic E-state index is 0.0335. The molecule has 1 aliphatic rings. The van der Waals surface area contributed by atoms with Gasteiger partial charge in [-0.05, 0) is 41.8 Å². The highest BCUT2D eigenvalue weighted by Gasteiger charge is 2.27. The Morgan fingerprint density at radius 1 is 1.09 bits per heavy atom. The molecule has 0 saturated heterocycles. The second-order valence-corrected chi connectivity index (χ2v) is 10.6. The molecular weight excluding hydrogens is 470 g/mol. The summed E-state index contributed by atoms with van der Waals surface area (Å²) in [5, 5.41) is 5.56. The van der Waals surface area contributed by atoms with E-state index >= 15 is 0 Å². The van der Waals surface area contributed by atoms with Crippen LogP contribution in [-0.4, -0.2) is 51.5 Å². The first kappa shape index (κ1) is 24.8. The fourth-order valence-corrected chi connectivity index (χ4v) is 4.29. The van der Waals surface area contributed by atoms with Crippen molar-refractivity contribution in [3.05, 3.63) is 52.5 Å². The summed E-state index contributed by atoms with van der Waals surface area (Å²) in [7, 11) is -0.975. The number of rotatable bonds is 8. The van der Waals surface area contributed by atoms with E-state index in [1.54, 1.807) is 26.0 Å². The molecule has 0 radical (unpaired) electrons. The highest BCUT2D eigenvalue weighted by Crippen LogP contribution is 2.32. The van der Waals surface area contributed by atoms with Gasteiger partial charge in [-0.2, -0.15) is 0 Å².